The number of carbonyl (C=O) groups excluding carboxylic acids is 1. The molecule has 3 N–H and O–H groups in total. The maximum Gasteiger partial charge on any atom is 0.252 e. The predicted molar refractivity (Wildman–Crippen MR) is 79.1 cm³/mol. The van der Waals surface area contributed by atoms with E-state index in [2.05, 4.69) is 24.1 Å². The van der Waals surface area contributed by atoms with Gasteiger partial charge in [0.1, 0.15) is 0 Å². The van der Waals surface area contributed by atoms with E-state index in [4.69, 9.17) is 5.73 Å². The van der Waals surface area contributed by atoms with Crippen molar-refractivity contribution < 1.29 is 4.79 Å². The van der Waals surface area contributed by atoms with Crippen LogP contribution in [0.5, 0.6) is 0 Å². The van der Waals surface area contributed by atoms with Gasteiger partial charge in [-0.25, -0.2) is 0 Å². The van der Waals surface area contributed by atoms with Gasteiger partial charge in [-0.15, -0.1) is 11.3 Å². The second-order valence-electron chi connectivity index (χ2n) is 5.08. The molecule has 0 aliphatic heterocycles. The number of thiophene rings is 1. The van der Waals surface area contributed by atoms with Crippen LogP contribution in [0, 0.1) is 23.7 Å². The minimum absolute atomic E-state index is 0.0103. The minimum Gasteiger partial charge on any atom is -0.352 e. The lowest BCUT2D eigenvalue weighted by atomic mass is 9.98. The first kappa shape index (κ1) is 14.1. The first-order chi connectivity index (χ1) is 9.20. The molecule has 0 radical (unpaired) electrons. The molecule has 0 spiro atoms. The number of hydrogen-bond donors (Lipinski definition) is 2. The number of amides is 1. The number of nitrogens with two attached hydrogens (primary N) is 1. The average molecular weight is 276 g/mol. The van der Waals surface area contributed by atoms with E-state index < -0.39 is 0 Å². The van der Waals surface area contributed by atoms with E-state index in [0.29, 0.717) is 18.0 Å². The van der Waals surface area contributed by atoms with Gasteiger partial charge in [0.05, 0.1) is 17.0 Å². The fourth-order valence-electron chi connectivity index (χ4n) is 2.51. The Kier molecular flexibility index (Phi) is 5.00. The lowest BCUT2D eigenvalue weighted by Gasteiger charge is -2.15. The van der Waals surface area contributed by atoms with Crippen molar-refractivity contribution in [3.63, 3.8) is 0 Å². The summed E-state index contributed by atoms with van der Waals surface area (Å²) in [5.41, 5.74) is 6.03. The quantitative estimate of drug-likeness (QED) is 0.832. The SMILES string of the molecule is CC1CCCC1CNC(=O)c1csc(C#CCN)c1. The van der Waals surface area contributed by atoms with Crippen molar-refractivity contribution in [2.24, 2.45) is 17.6 Å². The summed E-state index contributed by atoms with van der Waals surface area (Å²) in [5.74, 6) is 7.12. The van der Waals surface area contributed by atoms with Gasteiger partial charge in [0, 0.05) is 11.9 Å². The van der Waals surface area contributed by atoms with Crippen LogP contribution in [0.3, 0.4) is 0 Å². The zero-order valence-electron chi connectivity index (χ0n) is 11.2. The van der Waals surface area contributed by atoms with E-state index in [1.165, 1.54) is 30.6 Å². The van der Waals surface area contributed by atoms with Gasteiger partial charge in [-0.1, -0.05) is 31.6 Å². The number of rotatable bonds is 3. The van der Waals surface area contributed by atoms with E-state index in [-0.39, 0.29) is 5.91 Å². The Balaban J connectivity index is 1.87. The molecule has 1 aliphatic carbocycles. The minimum atomic E-state index is 0.0103. The molecule has 2 unspecified atom stereocenters. The summed E-state index contributed by atoms with van der Waals surface area (Å²) in [6, 6.07) is 1.83. The number of hydrogen-bond acceptors (Lipinski definition) is 3. The van der Waals surface area contributed by atoms with Crippen molar-refractivity contribution in [3.05, 3.63) is 21.9 Å². The third kappa shape index (κ3) is 3.82. The number of nitrogens with one attached hydrogen (secondary N) is 1. The summed E-state index contributed by atoms with van der Waals surface area (Å²) in [5, 5.41) is 4.89. The Morgan fingerprint density at radius 2 is 2.42 bits per heavy atom. The highest BCUT2D eigenvalue weighted by molar-refractivity contribution is 7.10. The van der Waals surface area contributed by atoms with Crippen LogP contribution >= 0.6 is 11.3 Å². The van der Waals surface area contributed by atoms with Crippen LogP contribution in [0.25, 0.3) is 0 Å². The van der Waals surface area contributed by atoms with Gasteiger partial charge >= 0.3 is 0 Å². The van der Waals surface area contributed by atoms with Crippen LogP contribution in [0.1, 0.15) is 41.4 Å². The van der Waals surface area contributed by atoms with Gasteiger partial charge in [-0.2, -0.15) is 0 Å². The second-order valence-corrected chi connectivity index (χ2v) is 6.00. The van der Waals surface area contributed by atoms with E-state index in [9.17, 15) is 4.79 Å². The summed E-state index contributed by atoms with van der Waals surface area (Å²) >= 11 is 1.49. The summed E-state index contributed by atoms with van der Waals surface area (Å²) < 4.78 is 0. The second kappa shape index (κ2) is 6.74. The molecular formula is C15H20N2OS. The molecule has 19 heavy (non-hydrogen) atoms. The third-order valence-electron chi connectivity index (χ3n) is 3.74. The lowest BCUT2D eigenvalue weighted by molar-refractivity contribution is 0.0945. The van der Waals surface area contributed by atoms with Gasteiger partial charge in [0.25, 0.3) is 5.91 Å². The van der Waals surface area contributed by atoms with Gasteiger partial charge in [-0.3, -0.25) is 4.79 Å². The Hall–Kier alpha value is -1.31. The molecule has 1 aromatic heterocycles. The van der Waals surface area contributed by atoms with Crippen LogP contribution < -0.4 is 11.1 Å². The average Bonchev–Trinajstić information content (AvgIpc) is 3.03. The molecule has 1 fully saturated rings. The molecule has 102 valence electrons. The maximum atomic E-state index is 12.0. The lowest BCUT2D eigenvalue weighted by Crippen LogP contribution is -2.29. The highest BCUT2D eigenvalue weighted by Gasteiger charge is 2.23. The van der Waals surface area contributed by atoms with Crippen molar-refractivity contribution in [2.75, 3.05) is 13.1 Å². The topological polar surface area (TPSA) is 55.1 Å². The van der Waals surface area contributed by atoms with E-state index in [1.54, 1.807) is 0 Å². The highest BCUT2D eigenvalue weighted by atomic mass is 32.1. The van der Waals surface area contributed by atoms with Crippen LogP contribution in [-0.4, -0.2) is 19.0 Å². The first-order valence-electron chi connectivity index (χ1n) is 6.76. The van der Waals surface area contributed by atoms with Crippen molar-refractivity contribution in [1.29, 1.82) is 0 Å². The molecule has 1 amide bonds. The Morgan fingerprint density at radius 3 is 3.11 bits per heavy atom. The van der Waals surface area contributed by atoms with E-state index >= 15 is 0 Å². The normalized spacial score (nSPS) is 21.8. The Bertz CT molecular complexity index is 498. The molecular weight excluding hydrogens is 256 g/mol. The Morgan fingerprint density at radius 1 is 1.58 bits per heavy atom. The molecule has 0 bridgehead atoms. The zero-order chi connectivity index (χ0) is 13.7. The number of carbonyl (C=O) groups is 1. The molecule has 1 aromatic rings. The molecule has 0 aromatic carbocycles. The standard InChI is InChI=1S/C15H20N2OS/c1-11-4-2-5-12(11)9-17-15(18)13-8-14(19-10-13)6-3-7-16/h8,10-12H,2,4-5,7,9,16H2,1H3,(H,17,18). The van der Waals surface area contributed by atoms with Gasteiger partial charge in [0.2, 0.25) is 0 Å². The van der Waals surface area contributed by atoms with Crippen LogP contribution in [0.4, 0.5) is 0 Å². The smallest absolute Gasteiger partial charge is 0.252 e. The zero-order valence-corrected chi connectivity index (χ0v) is 12.1. The van der Waals surface area contributed by atoms with E-state index in [1.807, 2.05) is 11.4 Å². The van der Waals surface area contributed by atoms with Crippen molar-refractivity contribution in [3.8, 4) is 11.8 Å². The monoisotopic (exact) mass is 276 g/mol. The molecule has 1 saturated carbocycles. The van der Waals surface area contributed by atoms with Crippen molar-refractivity contribution in [1.82, 2.24) is 5.32 Å². The molecule has 4 heteroatoms. The maximum absolute atomic E-state index is 12.0. The fourth-order valence-corrected chi connectivity index (χ4v) is 3.27. The molecule has 1 aliphatic rings. The molecule has 0 saturated heterocycles. The summed E-state index contributed by atoms with van der Waals surface area (Å²) in [6.07, 6.45) is 3.81. The highest BCUT2D eigenvalue weighted by Crippen LogP contribution is 2.30. The predicted octanol–water partition coefficient (Wildman–Crippen LogP) is 2.22. The van der Waals surface area contributed by atoms with Crippen LogP contribution in [0.2, 0.25) is 0 Å². The van der Waals surface area contributed by atoms with Crippen molar-refractivity contribution >= 4 is 17.2 Å². The summed E-state index contributed by atoms with van der Waals surface area (Å²) in [7, 11) is 0. The fraction of sp³-hybridized carbons (Fsp3) is 0.533. The molecule has 2 atom stereocenters. The van der Waals surface area contributed by atoms with Gasteiger partial charge in [0.15, 0.2) is 0 Å². The summed E-state index contributed by atoms with van der Waals surface area (Å²) in [4.78, 5) is 12.9. The molecule has 1 heterocycles. The van der Waals surface area contributed by atoms with E-state index in [0.717, 1.165) is 17.3 Å². The largest absolute Gasteiger partial charge is 0.352 e. The first-order valence-corrected chi connectivity index (χ1v) is 7.64. The van der Waals surface area contributed by atoms with Crippen molar-refractivity contribution in [2.45, 2.75) is 26.2 Å². The Labute approximate surface area is 118 Å². The van der Waals surface area contributed by atoms with Gasteiger partial charge < -0.3 is 11.1 Å². The third-order valence-corrected chi connectivity index (χ3v) is 4.58. The molecule has 2 rings (SSSR count). The van der Waals surface area contributed by atoms with Crippen LogP contribution in [-0.2, 0) is 0 Å². The summed E-state index contributed by atoms with van der Waals surface area (Å²) in [6.45, 7) is 3.41. The molecule has 3 nitrogen and oxygen atoms in total. The van der Waals surface area contributed by atoms with Crippen LogP contribution in [0.15, 0.2) is 11.4 Å². The van der Waals surface area contributed by atoms with Gasteiger partial charge in [-0.05, 0) is 24.3 Å².